The maximum atomic E-state index is 13.6. The number of fused-ring (bicyclic) bond motifs is 1. The van der Waals surface area contributed by atoms with Gasteiger partial charge in [-0.05, 0) is 59.9 Å². The molecule has 62 heavy (non-hydrogen) atoms. The van der Waals surface area contributed by atoms with Crippen LogP contribution in [0.4, 0.5) is 33.4 Å². The van der Waals surface area contributed by atoms with Crippen molar-refractivity contribution in [3.63, 3.8) is 0 Å². The number of aromatic nitrogens is 1. The fourth-order valence-corrected chi connectivity index (χ4v) is 8.99. The van der Waals surface area contributed by atoms with E-state index in [9.17, 15) is 27.7 Å². The molecule has 0 unspecified atom stereocenters. The number of aliphatic hydroxyl groups is 1. The Bertz CT molecular complexity index is 2490. The average Bonchev–Trinajstić information content (AvgIpc) is 3.24. The van der Waals surface area contributed by atoms with Gasteiger partial charge in [-0.2, -0.15) is 0 Å². The molecule has 0 bridgehead atoms. The standard InChI is InChI=1S/C44H53N7O9S2/c1-44(2,3)29-25-36(41(59-5)37(26-29)50-62(56,57)24-8-21-52)49-43(54)48-35-13-14-38(33-10-7-6-9-32(33)35)60-31-15-16-45-40(28-31)47-30-11-12-34(39(27-30)58-4)42(53)46-17-18-51-19-22-61(55)23-20-51/h6-7,9-16,25-28,50,52H,8,17-24H2,1-5H3,(H,45,47)(H,46,53)(H2,48,49,54). The Labute approximate surface area is 365 Å². The first kappa shape index (κ1) is 45.7. The number of sulfonamides is 1. The smallest absolute Gasteiger partial charge is 0.323 e. The number of rotatable bonds is 17. The van der Waals surface area contributed by atoms with Gasteiger partial charge < -0.3 is 45.1 Å². The van der Waals surface area contributed by atoms with Gasteiger partial charge in [0.2, 0.25) is 10.0 Å². The summed E-state index contributed by atoms with van der Waals surface area (Å²) < 4.78 is 57.4. The van der Waals surface area contributed by atoms with Crippen molar-refractivity contribution in [1.82, 2.24) is 15.2 Å². The molecule has 1 saturated heterocycles. The van der Waals surface area contributed by atoms with Gasteiger partial charge in [0.05, 0.1) is 42.6 Å². The lowest BCUT2D eigenvalue weighted by atomic mass is 9.86. The molecular formula is C44H53N7O9S2. The van der Waals surface area contributed by atoms with Crippen molar-refractivity contribution in [2.75, 3.05) is 84.9 Å². The minimum absolute atomic E-state index is 0.0606. The van der Waals surface area contributed by atoms with E-state index in [2.05, 4.69) is 35.9 Å². The zero-order valence-electron chi connectivity index (χ0n) is 35.4. The minimum Gasteiger partial charge on any atom is -0.616 e. The number of methoxy groups -OCH3 is 2. The highest BCUT2D eigenvalue weighted by Crippen LogP contribution is 2.40. The van der Waals surface area contributed by atoms with Gasteiger partial charge in [0.25, 0.3) is 5.91 Å². The number of nitrogens with zero attached hydrogens (tertiary/aromatic N) is 2. The molecule has 1 aromatic heterocycles. The van der Waals surface area contributed by atoms with Crippen LogP contribution in [0.2, 0.25) is 0 Å². The molecule has 330 valence electrons. The third kappa shape index (κ3) is 12.0. The zero-order chi connectivity index (χ0) is 44.4. The Morgan fingerprint density at radius 3 is 2.32 bits per heavy atom. The Kier molecular flexibility index (Phi) is 15.0. The summed E-state index contributed by atoms with van der Waals surface area (Å²) in [5.41, 5.74) is 2.27. The minimum atomic E-state index is -3.83. The molecule has 1 fully saturated rings. The van der Waals surface area contributed by atoms with Gasteiger partial charge in [-0.3, -0.25) is 14.4 Å². The number of nitrogens with one attached hydrogen (secondary N) is 5. The summed E-state index contributed by atoms with van der Waals surface area (Å²) in [6.07, 6.45) is 1.67. The molecule has 0 atom stereocenters. The summed E-state index contributed by atoms with van der Waals surface area (Å²) in [5.74, 6) is 2.78. The number of hydrogen-bond donors (Lipinski definition) is 6. The van der Waals surface area contributed by atoms with Crippen molar-refractivity contribution in [3.8, 4) is 23.0 Å². The zero-order valence-corrected chi connectivity index (χ0v) is 37.0. The molecule has 5 aromatic rings. The van der Waals surface area contributed by atoms with Crippen LogP contribution in [0.5, 0.6) is 23.0 Å². The van der Waals surface area contributed by atoms with E-state index in [1.54, 1.807) is 60.8 Å². The Hall–Kier alpha value is -5.79. The Morgan fingerprint density at radius 2 is 1.61 bits per heavy atom. The normalized spacial score (nSPS) is 13.6. The van der Waals surface area contributed by atoms with Gasteiger partial charge in [0, 0.05) is 67.6 Å². The molecule has 16 nitrogen and oxygen atoms in total. The van der Waals surface area contributed by atoms with Gasteiger partial charge >= 0.3 is 6.03 Å². The van der Waals surface area contributed by atoms with Gasteiger partial charge in [-0.25, -0.2) is 18.2 Å². The van der Waals surface area contributed by atoms with E-state index in [4.69, 9.17) is 14.2 Å². The number of urea groups is 1. The van der Waals surface area contributed by atoms with E-state index in [-0.39, 0.29) is 41.8 Å². The second-order valence-corrected chi connectivity index (χ2v) is 19.1. The first-order chi connectivity index (χ1) is 29.7. The van der Waals surface area contributed by atoms with E-state index in [0.29, 0.717) is 70.0 Å². The number of pyridine rings is 1. The predicted molar refractivity (Wildman–Crippen MR) is 245 cm³/mol. The quantitative estimate of drug-likeness (QED) is 0.0542. The Balaban J connectivity index is 1.14. The van der Waals surface area contributed by atoms with Gasteiger partial charge in [0.1, 0.15) is 34.6 Å². The number of hydrogen-bond acceptors (Lipinski definition) is 12. The lowest BCUT2D eigenvalue weighted by Gasteiger charge is -2.27. The lowest BCUT2D eigenvalue weighted by Crippen LogP contribution is -2.43. The number of aliphatic hydroxyl groups excluding tert-OH is 1. The van der Waals surface area contributed by atoms with Crippen molar-refractivity contribution in [3.05, 3.63) is 96.2 Å². The molecule has 4 aromatic carbocycles. The maximum Gasteiger partial charge on any atom is 0.323 e. The SMILES string of the molecule is COc1cc(Nc2cc(Oc3ccc(NC(=O)Nc4cc(C(C)(C)C)cc(NS(=O)(=O)CCCO)c4OC)c4ccccc34)ccn2)ccc1C(=O)NCCN1CC[S+]([O-])CC1. The van der Waals surface area contributed by atoms with Crippen LogP contribution in [-0.2, 0) is 26.6 Å². The van der Waals surface area contributed by atoms with Crippen molar-refractivity contribution < 1.29 is 41.9 Å². The molecule has 3 amide bonds. The van der Waals surface area contributed by atoms with Crippen LogP contribution in [0.15, 0.2) is 85.1 Å². The highest BCUT2D eigenvalue weighted by atomic mass is 32.2. The Morgan fingerprint density at radius 1 is 0.887 bits per heavy atom. The van der Waals surface area contributed by atoms with Crippen LogP contribution in [0.3, 0.4) is 0 Å². The molecule has 1 aliphatic heterocycles. The van der Waals surface area contributed by atoms with E-state index in [1.807, 2.05) is 45.0 Å². The van der Waals surface area contributed by atoms with E-state index < -0.39 is 32.6 Å². The van der Waals surface area contributed by atoms with Crippen molar-refractivity contribution >= 4 is 72.5 Å². The second kappa shape index (κ2) is 20.4. The van der Waals surface area contributed by atoms with Crippen LogP contribution in [0, 0.1) is 0 Å². The molecule has 0 saturated carbocycles. The van der Waals surface area contributed by atoms with Gasteiger partial charge in [-0.15, -0.1) is 0 Å². The van der Waals surface area contributed by atoms with E-state index in [0.717, 1.165) is 24.0 Å². The number of ether oxygens (including phenoxy) is 3. The lowest BCUT2D eigenvalue weighted by molar-refractivity contribution is 0.0945. The van der Waals surface area contributed by atoms with Crippen LogP contribution >= 0.6 is 0 Å². The topological polar surface area (TPSA) is 216 Å². The molecule has 2 heterocycles. The first-order valence-electron chi connectivity index (χ1n) is 20.0. The molecular weight excluding hydrogens is 835 g/mol. The van der Waals surface area contributed by atoms with Crippen molar-refractivity contribution in [2.24, 2.45) is 0 Å². The second-order valence-electron chi connectivity index (χ2n) is 15.6. The molecule has 18 heteroatoms. The summed E-state index contributed by atoms with van der Waals surface area (Å²) >= 11 is -0.752. The van der Waals surface area contributed by atoms with Crippen LogP contribution in [0.25, 0.3) is 10.8 Å². The summed E-state index contributed by atoms with van der Waals surface area (Å²) in [5, 5.41) is 22.6. The van der Waals surface area contributed by atoms with Crippen molar-refractivity contribution in [1.29, 1.82) is 0 Å². The molecule has 0 spiro atoms. The highest BCUT2D eigenvalue weighted by molar-refractivity contribution is 7.92. The average molecular weight is 888 g/mol. The number of amides is 3. The summed E-state index contributed by atoms with van der Waals surface area (Å²) in [6.45, 7) is 8.27. The molecule has 1 aliphatic rings. The van der Waals surface area contributed by atoms with Crippen molar-refractivity contribution in [2.45, 2.75) is 32.6 Å². The van der Waals surface area contributed by atoms with Crippen LogP contribution < -0.4 is 40.2 Å². The van der Waals surface area contributed by atoms with Gasteiger partial charge in [-0.1, -0.05) is 56.2 Å². The monoisotopic (exact) mass is 887 g/mol. The molecule has 6 N–H and O–H groups in total. The summed E-state index contributed by atoms with van der Waals surface area (Å²) in [7, 11) is -0.936. The summed E-state index contributed by atoms with van der Waals surface area (Å²) in [4.78, 5) is 33.3. The largest absolute Gasteiger partial charge is 0.616 e. The molecule has 0 radical (unpaired) electrons. The number of carbonyl (C=O) groups is 2. The van der Waals surface area contributed by atoms with E-state index >= 15 is 0 Å². The first-order valence-corrected chi connectivity index (χ1v) is 23.2. The highest BCUT2D eigenvalue weighted by Gasteiger charge is 2.24. The predicted octanol–water partition coefficient (Wildman–Crippen LogP) is 6.65. The number of benzene rings is 4. The number of anilines is 5. The van der Waals surface area contributed by atoms with Gasteiger partial charge in [0.15, 0.2) is 5.75 Å². The molecule has 6 rings (SSSR count). The fourth-order valence-electron chi connectivity index (χ4n) is 6.77. The third-order valence-corrected chi connectivity index (χ3v) is 12.7. The summed E-state index contributed by atoms with van der Waals surface area (Å²) in [6, 6.07) is 22.4. The van der Waals surface area contributed by atoms with E-state index in [1.165, 1.54) is 14.2 Å². The maximum absolute atomic E-state index is 13.6. The fraction of sp³-hybridized carbons (Fsp3) is 0.341. The van der Waals surface area contributed by atoms with Crippen LogP contribution in [0.1, 0.15) is 43.1 Å². The van der Waals surface area contributed by atoms with Crippen LogP contribution in [-0.4, -0.2) is 104 Å². The number of carbonyl (C=O) groups excluding carboxylic acids is 2. The third-order valence-electron chi connectivity index (χ3n) is 10.0. The molecule has 0 aliphatic carbocycles.